The third-order valence-corrected chi connectivity index (χ3v) is 3.19. The van der Waals surface area contributed by atoms with Crippen LogP contribution >= 0.6 is 27.5 Å². The van der Waals surface area contributed by atoms with Gasteiger partial charge in [0.15, 0.2) is 0 Å². The van der Waals surface area contributed by atoms with Gasteiger partial charge in [-0.15, -0.1) is 5.10 Å². The van der Waals surface area contributed by atoms with E-state index in [9.17, 15) is 4.39 Å². The van der Waals surface area contributed by atoms with Gasteiger partial charge >= 0.3 is 0 Å². The summed E-state index contributed by atoms with van der Waals surface area (Å²) in [5, 5.41) is 4.02. The van der Waals surface area contributed by atoms with E-state index in [-0.39, 0.29) is 21.4 Å². The highest BCUT2D eigenvalue weighted by Gasteiger charge is 2.11. The summed E-state index contributed by atoms with van der Waals surface area (Å²) in [5.74, 6) is -0.441. The van der Waals surface area contributed by atoms with Crippen molar-refractivity contribution in [2.45, 2.75) is 0 Å². The average molecular weight is 307 g/mol. The molecule has 4 N–H and O–H groups in total. The minimum Gasteiger partial charge on any atom is -0.368 e. The van der Waals surface area contributed by atoms with E-state index in [0.717, 1.165) is 0 Å². The highest BCUT2D eigenvalue weighted by molar-refractivity contribution is 9.10. The van der Waals surface area contributed by atoms with Crippen LogP contribution in [-0.2, 0) is 0 Å². The van der Waals surface area contributed by atoms with Crippen molar-refractivity contribution in [1.29, 1.82) is 0 Å². The number of hydrogen-bond acceptors (Lipinski definition) is 4. The predicted octanol–water partition coefficient (Wildman–Crippen LogP) is 1.99. The average Bonchev–Trinajstić information content (AvgIpc) is 2.53. The quantitative estimate of drug-likeness (QED) is 0.789. The van der Waals surface area contributed by atoms with Crippen LogP contribution in [0.5, 0.6) is 0 Å². The second kappa shape index (κ2) is 3.91. The molecule has 0 saturated carbocycles. The zero-order chi connectivity index (χ0) is 11.9. The summed E-state index contributed by atoms with van der Waals surface area (Å²) in [6.07, 6.45) is 0. The lowest BCUT2D eigenvalue weighted by atomic mass is 10.3. The zero-order valence-electron chi connectivity index (χ0n) is 7.78. The Kier molecular flexibility index (Phi) is 2.73. The van der Waals surface area contributed by atoms with E-state index < -0.39 is 5.82 Å². The van der Waals surface area contributed by atoms with Crippen LogP contribution in [0, 0.1) is 5.82 Å². The Morgan fingerprint density at radius 2 is 2.06 bits per heavy atom. The number of rotatable bonds is 1. The summed E-state index contributed by atoms with van der Waals surface area (Å²) in [6, 6.07) is 2.72. The summed E-state index contributed by atoms with van der Waals surface area (Å²) in [5.41, 5.74) is 11.3. The van der Waals surface area contributed by atoms with Gasteiger partial charge in [-0.1, -0.05) is 11.6 Å². The molecule has 0 aliphatic heterocycles. The molecule has 0 amide bonds. The standard InChI is InChI=1S/C8H6BrClFN5/c9-6-4(10)1-3(2-5(6)11)16-8(13)14-7(12)15-16/h1-2H,(H4,12,13,14,15). The van der Waals surface area contributed by atoms with E-state index >= 15 is 0 Å². The Labute approximate surface area is 103 Å². The van der Waals surface area contributed by atoms with E-state index in [1.165, 1.54) is 16.8 Å². The molecule has 0 radical (unpaired) electrons. The molecule has 0 spiro atoms. The monoisotopic (exact) mass is 305 g/mol. The van der Waals surface area contributed by atoms with Gasteiger partial charge in [0.1, 0.15) is 5.82 Å². The van der Waals surface area contributed by atoms with Crippen molar-refractivity contribution in [3.05, 3.63) is 27.4 Å². The second-order valence-electron chi connectivity index (χ2n) is 2.96. The molecule has 2 rings (SSSR count). The first-order valence-corrected chi connectivity index (χ1v) is 5.29. The smallest absolute Gasteiger partial charge is 0.241 e. The molecular formula is C8H6BrClFN5. The number of benzene rings is 1. The van der Waals surface area contributed by atoms with Gasteiger partial charge in [-0.05, 0) is 22.0 Å². The Bertz CT molecular complexity index is 532. The molecule has 0 unspecified atom stereocenters. The minimum absolute atomic E-state index is 0.0111. The van der Waals surface area contributed by atoms with Crippen molar-refractivity contribution < 1.29 is 4.39 Å². The van der Waals surface area contributed by atoms with Crippen LogP contribution in [0.2, 0.25) is 5.02 Å². The molecule has 0 aliphatic rings. The van der Waals surface area contributed by atoms with Gasteiger partial charge < -0.3 is 11.5 Å². The van der Waals surface area contributed by atoms with Crippen molar-refractivity contribution in [3.8, 4) is 5.69 Å². The van der Waals surface area contributed by atoms with Gasteiger partial charge in [0, 0.05) is 6.07 Å². The van der Waals surface area contributed by atoms with Crippen LogP contribution in [0.3, 0.4) is 0 Å². The van der Waals surface area contributed by atoms with Crippen LogP contribution in [0.4, 0.5) is 16.3 Å². The van der Waals surface area contributed by atoms with Crippen LogP contribution in [0.25, 0.3) is 5.69 Å². The van der Waals surface area contributed by atoms with Crippen LogP contribution < -0.4 is 11.5 Å². The van der Waals surface area contributed by atoms with Crippen molar-refractivity contribution in [3.63, 3.8) is 0 Å². The summed E-state index contributed by atoms with van der Waals surface area (Å²) in [7, 11) is 0. The molecule has 5 nitrogen and oxygen atoms in total. The number of anilines is 2. The molecule has 0 aliphatic carbocycles. The normalized spacial score (nSPS) is 10.7. The third-order valence-electron chi connectivity index (χ3n) is 1.86. The van der Waals surface area contributed by atoms with Crippen molar-refractivity contribution >= 4 is 39.4 Å². The number of aromatic nitrogens is 3. The largest absolute Gasteiger partial charge is 0.368 e. The molecule has 1 aromatic carbocycles. The van der Waals surface area contributed by atoms with E-state index in [1.54, 1.807) is 0 Å². The molecule has 8 heteroatoms. The van der Waals surface area contributed by atoms with Crippen LogP contribution in [0.1, 0.15) is 0 Å². The van der Waals surface area contributed by atoms with E-state index in [0.29, 0.717) is 5.69 Å². The van der Waals surface area contributed by atoms with E-state index in [1.807, 2.05) is 0 Å². The van der Waals surface area contributed by atoms with Crippen molar-refractivity contribution in [1.82, 2.24) is 14.8 Å². The Morgan fingerprint density at radius 1 is 1.38 bits per heavy atom. The van der Waals surface area contributed by atoms with Gasteiger partial charge in [-0.25, -0.2) is 4.39 Å². The molecule has 16 heavy (non-hydrogen) atoms. The third kappa shape index (κ3) is 1.83. The fraction of sp³-hybridized carbons (Fsp3) is 0. The molecule has 0 bridgehead atoms. The Hall–Kier alpha value is -1.34. The summed E-state index contributed by atoms with van der Waals surface area (Å²) < 4.78 is 14.8. The highest BCUT2D eigenvalue weighted by atomic mass is 79.9. The number of nitrogens with zero attached hydrogens (tertiary/aromatic N) is 3. The summed E-state index contributed by atoms with van der Waals surface area (Å²) in [4.78, 5) is 3.70. The molecule has 1 aromatic heterocycles. The van der Waals surface area contributed by atoms with Crippen molar-refractivity contribution in [2.75, 3.05) is 11.5 Å². The van der Waals surface area contributed by atoms with E-state index in [4.69, 9.17) is 23.1 Å². The summed E-state index contributed by atoms with van der Waals surface area (Å²) >= 11 is 8.81. The van der Waals surface area contributed by atoms with Gasteiger partial charge in [0.05, 0.1) is 15.2 Å². The van der Waals surface area contributed by atoms with Gasteiger partial charge in [-0.3, -0.25) is 0 Å². The topological polar surface area (TPSA) is 82.7 Å². The van der Waals surface area contributed by atoms with E-state index in [2.05, 4.69) is 26.0 Å². The molecular weight excluding hydrogens is 300 g/mol. The zero-order valence-corrected chi connectivity index (χ0v) is 10.1. The Morgan fingerprint density at radius 3 is 2.56 bits per heavy atom. The lowest BCUT2D eigenvalue weighted by Crippen LogP contribution is -2.03. The maximum absolute atomic E-state index is 13.4. The fourth-order valence-corrected chi connectivity index (χ4v) is 1.63. The van der Waals surface area contributed by atoms with Gasteiger partial charge in [-0.2, -0.15) is 9.67 Å². The first-order chi connectivity index (χ1) is 7.49. The molecule has 1 heterocycles. The number of halogens is 3. The molecule has 2 aromatic rings. The highest BCUT2D eigenvalue weighted by Crippen LogP contribution is 2.28. The van der Waals surface area contributed by atoms with Crippen LogP contribution in [0.15, 0.2) is 16.6 Å². The predicted molar refractivity (Wildman–Crippen MR) is 62.9 cm³/mol. The second-order valence-corrected chi connectivity index (χ2v) is 4.16. The first-order valence-electron chi connectivity index (χ1n) is 4.12. The van der Waals surface area contributed by atoms with Gasteiger partial charge in [0.25, 0.3) is 0 Å². The minimum atomic E-state index is -0.518. The SMILES string of the molecule is Nc1nc(N)n(-c2cc(F)c(Br)c(Cl)c2)n1. The molecule has 0 saturated heterocycles. The molecule has 0 fully saturated rings. The number of nitrogens with two attached hydrogens (primary N) is 2. The number of nitrogen functional groups attached to an aromatic ring is 2. The van der Waals surface area contributed by atoms with Gasteiger partial charge in [0.2, 0.25) is 11.9 Å². The number of hydrogen-bond donors (Lipinski definition) is 2. The fourth-order valence-electron chi connectivity index (χ4n) is 1.20. The molecule has 84 valence electrons. The van der Waals surface area contributed by atoms with Crippen LogP contribution in [-0.4, -0.2) is 14.8 Å². The lowest BCUT2D eigenvalue weighted by molar-refractivity contribution is 0.619. The first kappa shape index (κ1) is 11.2. The summed E-state index contributed by atoms with van der Waals surface area (Å²) in [6.45, 7) is 0. The lowest BCUT2D eigenvalue weighted by Gasteiger charge is -2.05. The Balaban J connectivity index is 2.61. The maximum Gasteiger partial charge on any atom is 0.241 e. The van der Waals surface area contributed by atoms with Crippen molar-refractivity contribution in [2.24, 2.45) is 0 Å². The molecule has 0 atom stereocenters. The maximum atomic E-state index is 13.4.